The molecule has 2 atom stereocenters. The number of benzene rings is 2. The minimum absolute atomic E-state index is 0.125. The monoisotopic (exact) mass is 634 g/mol. The van der Waals surface area contributed by atoms with Crippen LogP contribution in [-0.2, 0) is 0 Å². The Hall–Kier alpha value is -2.70. The molecule has 2 aromatic rings. The summed E-state index contributed by atoms with van der Waals surface area (Å²) in [7, 11) is 4.70. The lowest BCUT2D eigenvalue weighted by Gasteiger charge is -2.38. The highest BCUT2D eigenvalue weighted by molar-refractivity contribution is 5.99. The number of carbonyl (C=O) groups is 2. The fourth-order valence-electron chi connectivity index (χ4n) is 7.69. The molecular formula is C40H62N2O4+2. The summed E-state index contributed by atoms with van der Waals surface area (Å²) in [4.78, 5) is 28.6. The molecule has 2 fully saturated rings. The van der Waals surface area contributed by atoms with Gasteiger partial charge in [0.15, 0.2) is 11.6 Å². The first-order chi connectivity index (χ1) is 22.2. The fourth-order valence-corrected chi connectivity index (χ4v) is 7.69. The maximum absolute atomic E-state index is 14.3. The molecule has 2 saturated heterocycles. The zero-order valence-corrected chi connectivity index (χ0v) is 29.4. The molecule has 0 N–H and O–H groups in total. The Labute approximate surface area is 279 Å². The van der Waals surface area contributed by atoms with Crippen LogP contribution >= 0.6 is 0 Å². The molecule has 0 saturated carbocycles. The smallest absolute Gasteiger partial charge is 0.171 e. The van der Waals surface area contributed by atoms with Crippen LogP contribution in [0.4, 0.5) is 0 Å². The molecule has 0 aliphatic carbocycles. The molecule has 0 aromatic heterocycles. The highest BCUT2D eigenvalue weighted by Gasteiger charge is 2.36. The van der Waals surface area contributed by atoms with Gasteiger partial charge in [-0.1, -0.05) is 13.8 Å². The molecule has 2 heterocycles. The molecule has 2 aliphatic heterocycles. The third-order valence-corrected chi connectivity index (χ3v) is 10.4. The van der Waals surface area contributed by atoms with E-state index < -0.39 is 0 Å². The van der Waals surface area contributed by atoms with Crippen LogP contribution in [0.1, 0.15) is 112 Å². The van der Waals surface area contributed by atoms with E-state index in [-0.39, 0.29) is 23.4 Å². The molecule has 2 aromatic carbocycles. The van der Waals surface area contributed by atoms with E-state index in [1.54, 1.807) is 0 Å². The highest BCUT2D eigenvalue weighted by atomic mass is 16.5. The summed E-state index contributed by atoms with van der Waals surface area (Å²) in [6.07, 6.45) is 13.4. The van der Waals surface area contributed by atoms with Crippen molar-refractivity contribution < 1.29 is 28.0 Å². The third-order valence-electron chi connectivity index (χ3n) is 10.4. The first kappa shape index (κ1) is 36.1. The van der Waals surface area contributed by atoms with Crippen molar-refractivity contribution in [3.63, 3.8) is 0 Å². The summed E-state index contributed by atoms with van der Waals surface area (Å²) in [6, 6.07) is 15.5. The lowest BCUT2D eigenvalue weighted by Crippen LogP contribution is -2.50. The van der Waals surface area contributed by atoms with E-state index >= 15 is 0 Å². The van der Waals surface area contributed by atoms with Crippen molar-refractivity contribution in [2.75, 3.05) is 66.6 Å². The minimum atomic E-state index is -0.125. The quantitative estimate of drug-likeness (QED) is 0.130. The first-order valence-electron chi connectivity index (χ1n) is 18.5. The van der Waals surface area contributed by atoms with E-state index in [2.05, 4.69) is 27.9 Å². The molecule has 46 heavy (non-hydrogen) atoms. The lowest BCUT2D eigenvalue weighted by atomic mass is 9.85. The van der Waals surface area contributed by atoms with Crippen molar-refractivity contribution in [1.29, 1.82) is 0 Å². The summed E-state index contributed by atoms with van der Waals surface area (Å²) in [6.45, 7) is 11.7. The molecule has 0 radical (unpaired) electrons. The maximum Gasteiger partial charge on any atom is 0.171 e. The van der Waals surface area contributed by atoms with Gasteiger partial charge in [0.25, 0.3) is 0 Å². The van der Waals surface area contributed by atoms with Gasteiger partial charge in [-0.15, -0.1) is 0 Å². The molecule has 0 spiro atoms. The van der Waals surface area contributed by atoms with Gasteiger partial charge in [0, 0.05) is 11.1 Å². The number of Topliss-reactive ketones (excluding diaryl/α,β-unsaturated/α-hetero) is 2. The summed E-state index contributed by atoms with van der Waals surface area (Å²) in [5, 5.41) is 0. The fraction of sp³-hybridized carbons (Fsp3) is 0.650. The molecule has 254 valence electrons. The third kappa shape index (κ3) is 10.9. The zero-order chi connectivity index (χ0) is 32.8. The van der Waals surface area contributed by atoms with Crippen LogP contribution in [0, 0.1) is 11.8 Å². The second-order valence-electron chi connectivity index (χ2n) is 14.8. The van der Waals surface area contributed by atoms with Gasteiger partial charge in [0.2, 0.25) is 0 Å². The van der Waals surface area contributed by atoms with Gasteiger partial charge in [-0.2, -0.15) is 0 Å². The number of ketones is 2. The number of quaternary nitrogens is 2. The number of nitrogens with zero attached hydrogens (tertiary/aromatic N) is 2. The van der Waals surface area contributed by atoms with E-state index in [1.165, 1.54) is 51.4 Å². The minimum Gasteiger partial charge on any atom is -0.494 e. The van der Waals surface area contributed by atoms with Crippen molar-refractivity contribution in [1.82, 2.24) is 0 Å². The van der Waals surface area contributed by atoms with Crippen LogP contribution in [0.2, 0.25) is 0 Å². The number of carbonyl (C=O) groups excluding carboxylic acids is 2. The van der Waals surface area contributed by atoms with Gasteiger partial charge < -0.3 is 18.4 Å². The summed E-state index contributed by atoms with van der Waals surface area (Å²) in [5.74, 6) is 1.80. The largest absolute Gasteiger partial charge is 0.494 e. The van der Waals surface area contributed by atoms with E-state index in [0.717, 1.165) is 96.5 Å². The first-order valence-corrected chi connectivity index (χ1v) is 18.5. The van der Waals surface area contributed by atoms with Crippen LogP contribution in [0.5, 0.6) is 11.5 Å². The van der Waals surface area contributed by atoms with Gasteiger partial charge in [0.05, 0.1) is 78.4 Å². The number of ether oxygens (including phenoxy) is 2. The molecule has 0 amide bonds. The predicted octanol–water partition coefficient (Wildman–Crippen LogP) is 8.38. The van der Waals surface area contributed by atoms with Gasteiger partial charge in [-0.3, -0.25) is 9.59 Å². The standard InChI is InChI=1S/C40H62N2O4/c1-5-29-45-37-21-17-33(18-22-37)39(43)35(31-41(3)25-11-7-8-12-26-41)15-16-36(32-42(4)27-13-9-10-14-28-42)40(44)34-19-23-38(24-20-34)46-30-6-2/h17-24,35-36H,5-16,25-32H2,1-4H3/q+2/t35-,36+. The molecule has 0 bridgehead atoms. The van der Waals surface area contributed by atoms with Crippen molar-refractivity contribution in [3.05, 3.63) is 59.7 Å². The molecule has 2 aliphatic rings. The van der Waals surface area contributed by atoms with Gasteiger partial charge in [0.1, 0.15) is 11.5 Å². The topological polar surface area (TPSA) is 52.6 Å². The van der Waals surface area contributed by atoms with Crippen molar-refractivity contribution in [2.24, 2.45) is 11.8 Å². The summed E-state index contributed by atoms with van der Waals surface area (Å²) < 4.78 is 13.5. The number of hydrogen-bond donors (Lipinski definition) is 0. The number of rotatable bonds is 17. The van der Waals surface area contributed by atoms with Crippen LogP contribution < -0.4 is 9.47 Å². The van der Waals surface area contributed by atoms with E-state index in [0.29, 0.717) is 13.2 Å². The van der Waals surface area contributed by atoms with Crippen molar-refractivity contribution >= 4 is 11.6 Å². The van der Waals surface area contributed by atoms with E-state index in [9.17, 15) is 9.59 Å². The van der Waals surface area contributed by atoms with Crippen molar-refractivity contribution in [3.8, 4) is 11.5 Å². The van der Waals surface area contributed by atoms with Crippen LogP contribution in [0.15, 0.2) is 48.5 Å². The lowest BCUT2D eigenvalue weighted by molar-refractivity contribution is -0.911. The molecular weight excluding hydrogens is 572 g/mol. The number of hydrogen-bond acceptors (Lipinski definition) is 4. The maximum atomic E-state index is 14.3. The Morgan fingerprint density at radius 1 is 0.565 bits per heavy atom. The SMILES string of the molecule is CCCOc1ccc(C(=O)[C@H](CC[C@@H](C[N+]2(C)CCCCCC2)C(=O)c2ccc(OCCC)cc2)C[N+]2(C)CCCCCC2)cc1. The average molecular weight is 635 g/mol. The number of likely N-dealkylation sites (tertiary alicyclic amines) is 2. The Bertz CT molecular complexity index is 1100. The highest BCUT2D eigenvalue weighted by Crippen LogP contribution is 2.29. The van der Waals surface area contributed by atoms with Crippen LogP contribution in [0.3, 0.4) is 0 Å². The predicted molar refractivity (Wildman–Crippen MR) is 188 cm³/mol. The average Bonchev–Trinajstić information content (AvgIpc) is 3.43. The van der Waals surface area contributed by atoms with Gasteiger partial charge in [-0.25, -0.2) is 0 Å². The van der Waals surface area contributed by atoms with E-state index in [4.69, 9.17) is 9.47 Å². The Balaban J connectivity index is 1.58. The van der Waals surface area contributed by atoms with Gasteiger partial charge in [-0.05, 0) is 126 Å². The van der Waals surface area contributed by atoms with E-state index in [1.807, 2.05) is 48.5 Å². The molecule has 0 unspecified atom stereocenters. The molecule has 6 nitrogen and oxygen atoms in total. The Morgan fingerprint density at radius 2 is 0.891 bits per heavy atom. The Morgan fingerprint density at radius 3 is 1.20 bits per heavy atom. The normalized spacial score (nSPS) is 19.3. The Kier molecular flexibility index (Phi) is 14.1. The van der Waals surface area contributed by atoms with Gasteiger partial charge >= 0.3 is 0 Å². The second kappa shape index (κ2) is 18.0. The van der Waals surface area contributed by atoms with Crippen LogP contribution in [0.25, 0.3) is 0 Å². The van der Waals surface area contributed by atoms with Crippen LogP contribution in [-0.4, -0.2) is 87.1 Å². The second-order valence-corrected chi connectivity index (χ2v) is 14.8. The molecule has 4 rings (SSSR count). The van der Waals surface area contributed by atoms with Crippen molar-refractivity contribution in [2.45, 2.75) is 90.9 Å². The zero-order valence-electron chi connectivity index (χ0n) is 29.4. The molecule has 6 heteroatoms. The summed E-state index contributed by atoms with van der Waals surface area (Å²) in [5.41, 5.74) is 1.51. The summed E-state index contributed by atoms with van der Waals surface area (Å²) >= 11 is 0.